The zero-order valence-corrected chi connectivity index (χ0v) is 18.0. The van der Waals surface area contributed by atoms with E-state index in [9.17, 15) is 0 Å². The summed E-state index contributed by atoms with van der Waals surface area (Å²) in [5, 5.41) is 6.58. The summed E-state index contributed by atoms with van der Waals surface area (Å²) in [6.45, 7) is 4.41. The minimum absolute atomic E-state index is 0. The molecule has 25 heavy (non-hydrogen) atoms. The second kappa shape index (κ2) is 15.1. The van der Waals surface area contributed by atoms with Crippen LogP contribution in [0.3, 0.4) is 0 Å². The van der Waals surface area contributed by atoms with Gasteiger partial charge in [0.15, 0.2) is 5.96 Å². The van der Waals surface area contributed by atoms with Gasteiger partial charge in [0.2, 0.25) is 0 Å². The van der Waals surface area contributed by atoms with Crippen LogP contribution in [0.15, 0.2) is 29.3 Å². The summed E-state index contributed by atoms with van der Waals surface area (Å²) in [6.07, 6.45) is 3.35. The minimum Gasteiger partial charge on any atom is -0.497 e. The molecule has 0 spiro atoms. The van der Waals surface area contributed by atoms with Crippen LogP contribution >= 0.6 is 24.0 Å². The smallest absolute Gasteiger partial charge is 0.191 e. The first-order valence-electron chi connectivity index (χ1n) is 8.43. The molecule has 0 aliphatic rings. The molecule has 0 bridgehead atoms. The zero-order chi connectivity index (χ0) is 17.6. The van der Waals surface area contributed by atoms with Gasteiger partial charge in [-0.25, -0.2) is 0 Å². The van der Waals surface area contributed by atoms with E-state index >= 15 is 0 Å². The monoisotopic (exact) mass is 465 g/mol. The molecule has 0 aromatic heterocycles. The molecule has 2 N–H and O–H groups in total. The Bertz CT molecular complexity index is 486. The van der Waals surface area contributed by atoms with Crippen molar-refractivity contribution in [2.45, 2.75) is 32.3 Å². The SMILES string of the molecule is CN=C(NCCCCCOC)NCC(C)Oc1cccc(OC)c1.I. The number of rotatable bonds is 11. The van der Waals surface area contributed by atoms with Crippen molar-refractivity contribution in [3.8, 4) is 11.5 Å². The van der Waals surface area contributed by atoms with E-state index in [0.717, 1.165) is 49.9 Å². The van der Waals surface area contributed by atoms with E-state index < -0.39 is 0 Å². The standard InChI is InChI=1S/C18H31N3O3.HI/c1-15(24-17-10-8-9-16(13-17)23-4)14-21-18(19-2)20-11-6-5-7-12-22-3;/h8-10,13,15H,5-7,11-12,14H2,1-4H3,(H2,19,20,21);1H. The highest BCUT2D eigenvalue weighted by molar-refractivity contribution is 14.0. The van der Waals surface area contributed by atoms with Gasteiger partial charge in [0, 0.05) is 33.4 Å². The van der Waals surface area contributed by atoms with Crippen molar-refractivity contribution < 1.29 is 14.2 Å². The summed E-state index contributed by atoms with van der Waals surface area (Å²) >= 11 is 0. The Kier molecular flexibility index (Phi) is 14.3. The number of benzene rings is 1. The summed E-state index contributed by atoms with van der Waals surface area (Å²) in [6, 6.07) is 7.61. The molecule has 0 aliphatic carbocycles. The molecule has 144 valence electrons. The van der Waals surface area contributed by atoms with Gasteiger partial charge >= 0.3 is 0 Å². The Balaban J connectivity index is 0.00000576. The van der Waals surface area contributed by atoms with Crippen LogP contribution in [0, 0.1) is 0 Å². The van der Waals surface area contributed by atoms with E-state index in [1.807, 2.05) is 31.2 Å². The largest absolute Gasteiger partial charge is 0.497 e. The molecular formula is C18H32IN3O3. The Labute approximate surface area is 168 Å². The molecule has 1 atom stereocenters. The van der Waals surface area contributed by atoms with E-state index in [1.54, 1.807) is 21.3 Å². The van der Waals surface area contributed by atoms with Crippen LogP contribution in [-0.4, -0.2) is 53.0 Å². The van der Waals surface area contributed by atoms with Crippen LogP contribution in [0.5, 0.6) is 11.5 Å². The van der Waals surface area contributed by atoms with Gasteiger partial charge in [-0.15, -0.1) is 24.0 Å². The maximum atomic E-state index is 5.88. The molecule has 0 saturated heterocycles. The summed E-state index contributed by atoms with van der Waals surface area (Å²) < 4.78 is 16.1. The summed E-state index contributed by atoms with van der Waals surface area (Å²) in [7, 11) is 5.15. The second-order valence-corrected chi connectivity index (χ2v) is 5.54. The number of halogens is 1. The highest BCUT2D eigenvalue weighted by Gasteiger charge is 2.06. The lowest BCUT2D eigenvalue weighted by Crippen LogP contribution is -2.42. The van der Waals surface area contributed by atoms with Crippen molar-refractivity contribution in [1.29, 1.82) is 0 Å². The van der Waals surface area contributed by atoms with Crippen LogP contribution in [0.4, 0.5) is 0 Å². The molecule has 1 rings (SSSR count). The number of guanidine groups is 1. The molecule has 0 aliphatic heterocycles. The Morgan fingerprint density at radius 2 is 1.88 bits per heavy atom. The van der Waals surface area contributed by atoms with E-state index in [4.69, 9.17) is 14.2 Å². The van der Waals surface area contributed by atoms with Gasteiger partial charge in [0.05, 0.1) is 13.7 Å². The maximum absolute atomic E-state index is 5.88. The molecule has 0 heterocycles. The normalized spacial score (nSPS) is 12.1. The fraction of sp³-hybridized carbons (Fsp3) is 0.611. The van der Waals surface area contributed by atoms with Crippen molar-refractivity contribution in [2.75, 3.05) is 41.0 Å². The molecule has 1 aromatic carbocycles. The lowest BCUT2D eigenvalue weighted by Gasteiger charge is -2.18. The lowest BCUT2D eigenvalue weighted by atomic mass is 10.2. The molecule has 0 amide bonds. The Hall–Kier alpha value is -1.22. The van der Waals surface area contributed by atoms with Crippen LogP contribution in [-0.2, 0) is 4.74 Å². The summed E-state index contributed by atoms with van der Waals surface area (Å²) in [4.78, 5) is 4.22. The molecule has 0 saturated carbocycles. The first-order valence-corrected chi connectivity index (χ1v) is 8.43. The van der Waals surface area contributed by atoms with Crippen LogP contribution in [0.2, 0.25) is 0 Å². The van der Waals surface area contributed by atoms with Gasteiger partial charge in [-0.05, 0) is 38.3 Å². The molecule has 0 radical (unpaired) electrons. The van der Waals surface area contributed by atoms with Crippen LogP contribution < -0.4 is 20.1 Å². The Morgan fingerprint density at radius 3 is 2.56 bits per heavy atom. The molecule has 1 aromatic rings. The van der Waals surface area contributed by atoms with Crippen LogP contribution in [0.1, 0.15) is 26.2 Å². The first-order chi connectivity index (χ1) is 11.7. The van der Waals surface area contributed by atoms with Gasteiger partial charge in [0.1, 0.15) is 17.6 Å². The third-order valence-corrected chi connectivity index (χ3v) is 3.48. The van der Waals surface area contributed by atoms with Gasteiger partial charge in [0.25, 0.3) is 0 Å². The number of hydrogen-bond donors (Lipinski definition) is 2. The predicted octanol–water partition coefficient (Wildman–Crippen LogP) is 3.06. The summed E-state index contributed by atoms with van der Waals surface area (Å²) in [5.41, 5.74) is 0. The Morgan fingerprint density at radius 1 is 1.12 bits per heavy atom. The number of nitrogens with one attached hydrogen (secondary N) is 2. The minimum atomic E-state index is 0. The maximum Gasteiger partial charge on any atom is 0.191 e. The second-order valence-electron chi connectivity index (χ2n) is 5.54. The van der Waals surface area contributed by atoms with Crippen molar-refractivity contribution in [2.24, 2.45) is 4.99 Å². The van der Waals surface area contributed by atoms with E-state index in [0.29, 0.717) is 6.54 Å². The lowest BCUT2D eigenvalue weighted by molar-refractivity contribution is 0.192. The van der Waals surface area contributed by atoms with E-state index in [-0.39, 0.29) is 30.1 Å². The van der Waals surface area contributed by atoms with Crippen LogP contribution in [0.25, 0.3) is 0 Å². The highest BCUT2D eigenvalue weighted by Crippen LogP contribution is 2.19. The fourth-order valence-corrected chi connectivity index (χ4v) is 2.16. The van der Waals surface area contributed by atoms with E-state index in [1.165, 1.54) is 0 Å². The van der Waals surface area contributed by atoms with Gasteiger partial charge in [-0.3, -0.25) is 4.99 Å². The third-order valence-electron chi connectivity index (χ3n) is 3.48. The van der Waals surface area contributed by atoms with E-state index in [2.05, 4.69) is 15.6 Å². The number of aliphatic imine (C=N–C) groups is 1. The van der Waals surface area contributed by atoms with Crippen molar-refractivity contribution in [3.05, 3.63) is 24.3 Å². The average Bonchev–Trinajstić information content (AvgIpc) is 2.60. The number of methoxy groups -OCH3 is 2. The van der Waals surface area contributed by atoms with Gasteiger partial charge in [-0.2, -0.15) is 0 Å². The number of hydrogen-bond acceptors (Lipinski definition) is 4. The topological polar surface area (TPSA) is 64.1 Å². The molecule has 0 fully saturated rings. The number of unbranched alkanes of at least 4 members (excludes halogenated alkanes) is 2. The van der Waals surface area contributed by atoms with Crippen molar-refractivity contribution >= 4 is 29.9 Å². The van der Waals surface area contributed by atoms with Gasteiger partial charge in [-0.1, -0.05) is 6.07 Å². The highest BCUT2D eigenvalue weighted by atomic mass is 127. The third kappa shape index (κ3) is 11.1. The van der Waals surface area contributed by atoms with Gasteiger partial charge < -0.3 is 24.8 Å². The van der Waals surface area contributed by atoms with Crippen molar-refractivity contribution in [1.82, 2.24) is 10.6 Å². The molecule has 1 unspecified atom stereocenters. The van der Waals surface area contributed by atoms with Crippen molar-refractivity contribution in [3.63, 3.8) is 0 Å². The number of ether oxygens (including phenoxy) is 3. The summed E-state index contributed by atoms with van der Waals surface area (Å²) in [5.74, 6) is 2.38. The fourth-order valence-electron chi connectivity index (χ4n) is 2.16. The number of nitrogens with zero attached hydrogens (tertiary/aromatic N) is 1. The average molecular weight is 465 g/mol. The molecular weight excluding hydrogens is 433 g/mol. The molecule has 6 nitrogen and oxygen atoms in total. The predicted molar refractivity (Wildman–Crippen MR) is 114 cm³/mol. The first kappa shape index (κ1) is 23.8. The zero-order valence-electron chi connectivity index (χ0n) is 15.7. The molecule has 7 heteroatoms. The quantitative estimate of drug-likeness (QED) is 0.228.